The zero-order chi connectivity index (χ0) is 25.7. The second-order valence-corrected chi connectivity index (χ2v) is 10.5. The molecule has 0 aliphatic carbocycles. The molecule has 2 heterocycles. The Bertz CT molecular complexity index is 1330. The van der Waals surface area contributed by atoms with E-state index < -0.39 is 22.2 Å². The third-order valence-electron chi connectivity index (χ3n) is 4.98. The number of nitrogens with zero attached hydrogens (tertiary/aromatic N) is 3. The number of anilines is 1. The summed E-state index contributed by atoms with van der Waals surface area (Å²) in [5, 5.41) is 17.4. The minimum Gasteiger partial charge on any atom is -0.361 e. The molecule has 4 rings (SSSR count). The SMILES string of the molecule is O=C(NCCCNc1ncc([N+](=O)[O-])s1)N1C(=O)/C(=C/c2cccc(Cl)c2)SC1c1cccc(Cl)c1. The van der Waals surface area contributed by atoms with Crippen molar-refractivity contribution in [1.82, 2.24) is 15.2 Å². The molecule has 1 aromatic heterocycles. The van der Waals surface area contributed by atoms with Crippen LogP contribution in [-0.2, 0) is 4.79 Å². The van der Waals surface area contributed by atoms with Crippen LogP contribution >= 0.6 is 46.3 Å². The van der Waals surface area contributed by atoms with Crippen molar-refractivity contribution >= 4 is 74.4 Å². The highest BCUT2D eigenvalue weighted by atomic mass is 35.5. The topological polar surface area (TPSA) is 117 Å². The maximum atomic E-state index is 13.3. The number of nitrogens with one attached hydrogen (secondary N) is 2. The largest absolute Gasteiger partial charge is 0.361 e. The number of hydrogen-bond acceptors (Lipinski definition) is 8. The van der Waals surface area contributed by atoms with Crippen LogP contribution in [0.1, 0.15) is 22.9 Å². The first-order chi connectivity index (χ1) is 17.3. The van der Waals surface area contributed by atoms with Crippen molar-refractivity contribution < 1.29 is 14.5 Å². The Hall–Kier alpha value is -3.12. The maximum Gasteiger partial charge on any atom is 0.345 e. The fraction of sp³-hybridized carbons (Fsp3) is 0.174. The summed E-state index contributed by atoms with van der Waals surface area (Å²) in [7, 11) is 0. The molecule has 1 aliphatic heterocycles. The lowest BCUT2D eigenvalue weighted by Crippen LogP contribution is -2.42. The Labute approximate surface area is 224 Å². The first kappa shape index (κ1) is 26.0. The van der Waals surface area contributed by atoms with Crippen LogP contribution in [0.5, 0.6) is 0 Å². The number of amides is 3. The quantitative estimate of drug-likeness (QED) is 0.145. The molecule has 0 radical (unpaired) electrons. The molecule has 2 aromatic carbocycles. The van der Waals surface area contributed by atoms with Crippen LogP contribution in [0.2, 0.25) is 10.0 Å². The number of benzene rings is 2. The molecular formula is C23H19Cl2N5O4S2. The van der Waals surface area contributed by atoms with Gasteiger partial charge in [0.1, 0.15) is 11.6 Å². The Balaban J connectivity index is 1.43. The van der Waals surface area contributed by atoms with E-state index in [4.69, 9.17) is 23.2 Å². The van der Waals surface area contributed by atoms with Crippen LogP contribution in [0.25, 0.3) is 6.08 Å². The van der Waals surface area contributed by atoms with Gasteiger partial charge in [0.05, 0.1) is 9.83 Å². The molecule has 36 heavy (non-hydrogen) atoms. The first-order valence-electron chi connectivity index (χ1n) is 10.7. The number of thioether (sulfide) groups is 1. The van der Waals surface area contributed by atoms with Gasteiger partial charge in [-0.2, -0.15) is 0 Å². The number of nitro groups is 1. The van der Waals surface area contributed by atoms with E-state index in [9.17, 15) is 19.7 Å². The predicted octanol–water partition coefficient (Wildman–Crippen LogP) is 6.19. The third-order valence-corrected chi connectivity index (χ3v) is 7.61. The molecule has 1 atom stereocenters. The highest BCUT2D eigenvalue weighted by molar-refractivity contribution is 8.04. The summed E-state index contributed by atoms with van der Waals surface area (Å²) in [6, 6.07) is 13.6. The molecule has 0 bridgehead atoms. The fourth-order valence-corrected chi connectivity index (χ4v) is 5.64. The van der Waals surface area contributed by atoms with E-state index in [2.05, 4.69) is 15.6 Å². The number of urea groups is 1. The standard InChI is InChI=1S/C23H19Cl2N5O4S2/c24-16-6-1-4-14(10-16)11-18-20(31)29(21(35-18)15-5-2-7-17(25)12-15)23(32)27-9-3-8-26-22-28-13-19(36-22)30(33)34/h1-2,4-7,10-13,21H,3,8-9H2,(H,26,28)(H,27,32)/b18-11-. The average Bonchev–Trinajstić information content (AvgIpc) is 3.44. The van der Waals surface area contributed by atoms with Crippen LogP contribution in [0.15, 0.2) is 59.6 Å². The van der Waals surface area contributed by atoms with Crippen LogP contribution in [-0.4, -0.2) is 39.8 Å². The number of carbonyl (C=O) groups excluding carboxylic acids is 2. The average molecular weight is 564 g/mol. The van der Waals surface area contributed by atoms with Crippen molar-refractivity contribution in [1.29, 1.82) is 0 Å². The van der Waals surface area contributed by atoms with Crippen molar-refractivity contribution in [2.45, 2.75) is 11.8 Å². The first-order valence-corrected chi connectivity index (χ1v) is 13.1. The molecular weight excluding hydrogens is 545 g/mol. The normalized spacial score (nSPS) is 16.4. The van der Waals surface area contributed by atoms with Gasteiger partial charge >= 0.3 is 11.0 Å². The summed E-state index contributed by atoms with van der Waals surface area (Å²) in [6.07, 6.45) is 3.41. The Morgan fingerprint density at radius 2 is 1.92 bits per heavy atom. The number of rotatable bonds is 8. The van der Waals surface area contributed by atoms with Crippen LogP contribution in [0, 0.1) is 10.1 Å². The predicted molar refractivity (Wildman–Crippen MR) is 143 cm³/mol. The minimum atomic E-state index is -0.587. The monoisotopic (exact) mass is 563 g/mol. The number of halogens is 2. The van der Waals surface area contributed by atoms with Gasteiger partial charge in [0.2, 0.25) is 0 Å². The lowest BCUT2D eigenvalue weighted by Gasteiger charge is -2.22. The molecule has 9 nitrogen and oxygen atoms in total. The molecule has 1 aliphatic rings. The number of carbonyl (C=O) groups is 2. The van der Waals surface area contributed by atoms with E-state index in [0.29, 0.717) is 33.0 Å². The number of imide groups is 1. The molecule has 1 unspecified atom stereocenters. The van der Waals surface area contributed by atoms with Crippen molar-refractivity contribution in [2.24, 2.45) is 0 Å². The smallest absolute Gasteiger partial charge is 0.345 e. The van der Waals surface area contributed by atoms with Crippen LogP contribution < -0.4 is 10.6 Å². The molecule has 13 heteroatoms. The van der Waals surface area contributed by atoms with Crippen LogP contribution in [0.4, 0.5) is 14.9 Å². The van der Waals surface area contributed by atoms with Gasteiger partial charge in [-0.05, 0) is 59.2 Å². The summed E-state index contributed by atoms with van der Waals surface area (Å²) in [5.41, 5.74) is 1.47. The van der Waals surface area contributed by atoms with Gasteiger partial charge in [0, 0.05) is 23.1 Å². The van der Waals surface area contributed by atoms with Crippen molar-refractivity contribution in [3.05, 3.63) is 90.9 Å². The van der Waals surface area contributed by atoms with E-state index in [1.807, 2.05) is 12.1 Å². The fourth-order valence-electron chi connectivity index (χ4n) is 3.36. The second-order valence-electron chi connectivity index (χ2n) is 7.54. The Morgan fingerprint density at radius 3 is 2.61 bits per heavy atom. The van der Waals surface area contributed by atoms with E-state index in [1.165, 1.54) is 22.9 Å². The molecule has 3 aromatic rings. The van der Waals surface area contributed by atoms with Crippen molar-refractivity contribution in [2.75, 3.05) is 18.4 Å². The summed E-state index contributed by atoms with van der Waals surface area (Å²) in [4.78, 5) is 42.1. The Morgan fingerprint density at radius 1 is 1.17 bits per heavy atom. The van der Waals surface area contributed by atoms with Gasteiger partial charge in [0.25, 0.3) is 5.91 Å². The van der Waals surface area contributed by atoms with Crippen molar-refractivity contribution in [3.63, 3.8) is 0 Å². The van der Waals surface area contributed by atoms with Gasteiger partial charge in [-0.15, -0.1) is 0 Å². The Kier molecular flexibility index (Phi) is 8.47. The molecule has 2 N–H and O–H groups in total. The maximum absolute atomic E-state index is 13.3. The van der Waals surface area contributed by atoms with Gasteiger partial charge in [-0.25, -0.2) is 14.7 Å². The third kappa shape index (κ3) is 6.35. The zero-order valence-electron chi connectivity index (χ0n) is 18.5. The van der Waals surface area contributed by atoms with E-state index in [1.54, 1.807) is 42.5 Å². The second kappa shape index (κ2) is 11.7. The van der Waals surface area contributed by atoms with Gasteiger partial charge in [-0.1, -0.05) is 59.2 Å². The minimum absolute atomic E-state index is 0.0514. The van der Waals surface area contributed by atoms with Crippen molar-refractivity contribution in [3.8, 4) is 0 Å². The molecule has 0 spiro atoms. The summed E-state index contributed by atoms with van der Waals surface area (Å²) in [6.45, 7) is 0.717. The van der Waals surface area contributed by atoms with Crippen LogP contribution in [0.3, 0.4) is 0 Å². The highest BCUT2D eigenvalue weighted by Crippen LogP contribution is 2.46. The van der Waals surface area contributed by atoms with E-state index in [0.717, 1.165) is 22.5 Å². The molecule has 3 amide bonds. The zero-order valence-corrected chi connectivity index (χ0v) is 21.7. The van der Waals surface area contributed by atoms with E-state index >= 15 is 0 Å². The number of thiazole rings is 1. The molecule has 1 saturated heterocycles. The summed E-state index contributed by atoms with van der Waals surface area (Å²) in [5.74, 6) is -0.421. The molecule has 0 saturated carbocycles. The van der Waals surface area contributed by atoms with Gasteiger partial charge < -0.3 is 10.6 Å². The number of aromatic nitrogens is 1. The lowest BCUT2D eigenvalue weighted by atomic mass is 10.2. The van der Waals surface area contributed by atoms with E-state index in [-0.39, 0.29) is 11.5 Å². The summed E-state index contributed by atoms with van der Waals surface area (Å²) >= 11 is 14.4. The molecule has 1 fully saturated rings. The number of hydrogen-bond donors (Lipinski definition) is 2. The highest BCUT2D eigenvalue weighted by Gasteiger charge is 2.41. The van der Waals surface area contributed by atoms with Gasteiger partial charge in [-0.3, -0.25) is 14.9 Å². The summed E-state index contributed by atoms with van der Waals surface area (Å²) < 4.78 is 0. The molecule has 186 valence electrons. The lowest BCUT2D eigenvalue weighted by molar-refractivity contribution is -0.380. The van der Waals surface area contributed by atoms with Gasteiger partial charge in [0.15, 0.2) is 5.13 Å².